The van der Waals surface area contributed by atoms with Gasteiger partial charge in [0.2, 0.25) is 11.7 Å². The van der Waals surface area contributed by atoms with E-state index in [0.29, 0.717) is 23.3 Å². The van der Waals surface area contributed by atoms with E-state index in [9.17, 15) is 0 Å². The third-order valence-electron chi connectivity index (χ3n) is 3.46. The minimum absolute atomic E-state index is 0.0837. The fourth-order valence-corrected chi connectivity index (χ4v) is 2.25. The molecule has 7 nitrogen and oxygen atoms in total. The van der Waals surface area contributed by atoms with Crippen molar-refractivity contribution in [2.24, 2.45) is 0 Å². The van der Waals surface area contributed by atoms with Gasteiger partial charge in [0.15, 0.2) is 0 Å². The monoisotopic (exact) mass is 298 g/mol. The second kappa shape index (κ2) is 5.67. The molecule has 3 heterocycles. The second-order valence-electron chi connectivity index (χ2n) is 5.54. The molecule has 0 aliphatic carbocycles. The normalized spacial score (nSPS) is 12.8. The van der Waals surface area contributed by atoms with Crippen molar-refractivity contribution in [1.29, 1.82) is 0 Å². The van der Waals surface area contributed by atoms with Crippen LogP contribution in [0.25, 0.3) is 11.5 Å². The number of hydrogen-bond donors (Lipinski definition) is 0. The van der Waals surface area contributed by atoms with Crippen LogP contribution in [0.3, 0.4) is 0 Å². The maximum atomic E-state index is 5.39. The van der Waals surface area contributed by atoms with E-state index in [1.807, 2.05) is 36.7 Å². The van der Waals surface area contributed by atoms with Crippen LogP contribution in [0.15, 0.2) is 29.0 Å². The molecule has 0 aliphatic rings. The van der Waals surface area contributed by atoms with Gasteiger partial charge in [0.05, 0.1) is 5.69 Å². The molecule has 0 saturated heterocycles. The van der Waals surface area contributed by atoms with E-state index in [-0.39, 0.29) is 6.04 Å². The van der Waals surface area contributed by atoms with Crippen molar-refractivity contribution >= 4 is 0 Å². The highest BCUT2D eigenvalue weighted by atomic mass is 16.5. The SMILES string of the molecule is Cc1ccc(-c2noc(C(C)n3ccnc3C(C)C)n2)nn1. The Morgan fingerprint density at radius 1 is 1.14 bits per heavy atom. The third kappa shape index (κ3) is 2.61. The summed E-state index contributed by atoms with van der Waals surface area (Å²) in [5.74, 6) is 2.28. The third-order valence-corrected chi connectivity index (χ3v) is 3.46. The Hall–Kier alpha value is -2.57. The van der Waals surface area contributed by atoms with Crippen molar-refractivity contribution in [1.82, 2.24) is 29.9 Å². The van der Waals surface area contributed by atoms with Crippen molar-refractivity contribution in [2.45, 2.75) is 39.7 Å². The first-order valence-electron chi connectivity index (χ1n) is 7.23. The molecule has 3 aromatic rings. The molecule has 1 atom stereocenters. The number of aromatic nitrogens is 6. The van der Waals surface area contributed by atoms with Gasteiger partial charge in [-0.25, -0.2) is 4.98 Å². The molecule has 3 aromatic heterocycles. The van der Waals surface area contributed by atoms with Gasteiger partial charge in [0, 0.05) is 18.3 Å². The number of hydrogen-bond acceptors (Lipinski definition) is 6. The Kier molecular flexibility index (Phi) is 3.70. The molecule has 0 amide bonds. The molecular formula is C15H18N6O. The highest BCUT2D eigenvalue weighted by Gasteiger charge is 2.20. The molecule has 3 rings (SSSR count). The summed E-state index contributed by atoms with van der Waals surface area (Å²) in [6.07, 6.45) is 3.71. The minimum atomic E-state index is -0.0837. The zero-order chi connectivity index (χ0) is 15.7. The number of imidazole rings is 1. The Bertz CT molecular complexity index is 758. The zero-order valence-electron chi connectivity index (χ0n) is 13.1. The molecule has 0 saturated carbocycles. The summed E-state index contributed by atoms with van der Waals surface area (Å²) in [6.45, 7) is 8.10. The maximum Gasteiger partial charge on any atom is 0.249 e. The van der Waals surface area contributed by atoms with E-state index in [2.05, 4.69) is 39.2 Å². The number of nitrogens with zero attached hydrogens (tertiary/aromatic N) is 6. The summed E-state index contributed by atoms with van der Waals surface area (Å²) in [7, 11) is 0. The van der Waals surface area contributed by atoms with Crippen molar-refractivity contribution in [3.8, 4) is 11.5 Å². The summed E-state index contributed by atoms with van der Waals surface area (Å²) in [5, 5.41) is 12.1. The molecule has 0 aromatic carbocycles. The lowest BCUT2D eigenvalue weighted by Crippen LogP contribution is -2.11. The summed E-state index contributed by atoms with van der Waals surface area (Å²) in [6, 6.07) is 3.62. The highest BCUT2D eigenvalue weighted by Crippen LogP contribution is 2.23. The molecule has 0 fully saturated rings. The molecular weight excluding hydrogens is 280 g/mol. The van der Waals surface area contributed by atoms with Gasteiger partial charge in [0.1, 0.15) is 17.6 Å². The predicted molar refractivity (Wildman–Crippen MR) is 80.2 cm³/mol. The van der Waals surface area contributed by atoms with Gasteiger partial charge in [0.25, 0.3) is 0 Å². The van der Waals surface area contributed by atoms with Crippen molar-refractivity contribution < 1.29 is 4.52 Å². The lowest BCUT2D eigenvalue weighted by molar-refractivity contribution is 0.341. The van der Waals surface area contributed by atoms with Crippen LogP contribution in [0.1, 0.15) is 50.1 Å². The summed E-state index contributed by atoms with van der Waals surface area (Å²) < 4.78 is 7.44. The van der Waals surface area contributed by atoms with Gasteiger partial charge in [-0.3, -0.25) is 0 Å². The van der Waals surface area contributed by atoms with Crippen molar-refractivity contribution in [3.63, 3.8) is 0 Å². The Balaban J connectivity index is 1.90. The van der Waals surface area contributed by atoms with Crippen LogP contribution in [0.4, 0.5) is 0 Å². The van der Waals surface area contributed by atoms with E-state index < -0.39 is 0 Å². The highest BCUT2D eigenvalue weighted by molar-refractivity contribution is 5.46. The number of aryl methyl sites for hydroxylation is 1. The molecule has 0 bridgehead atoms. The van der Waals surface area contributed by atoms with Crippen LogP contribution >= 0.6 is 0 Å². The second-order valence-corrected chi connectivity index (χ2v) is 5.54. The Morgan fingerprint density at radius 3 is 2.64 bits per heavy atom. The van der Waals surface area contributed by atoms with Gasteiger partial charge < -0.3 is 9.09 Å². The fourth-order valence-electron chi connectivity index (χ4n) is 2.25. The molecule has 0 aliphatic heterocycles. The van der Waals surface area contributed by atoms with E-state index in [1.54, 1.807) is 6.20 Å². The maximum absolute atomic E-state index is 5.39. The first-order chi connectivity index (χ1) is 10.6. The van der Waals surface area contributed by atoms with Gasteiger partial charge in [-0.05, 0) is 26.0 Å². The van der Waals surface area contributed by atoms with Crippen LogP contribution in [-0.4, -0.2) is 29.9 Å². The zero-order valence-corrected chi connectivity index (χ0v) is 13.1. The molecule has 0 spiro atoms. The standard InChI is InChI=1S/C15H18N6O/c1-9(2)14-16-7-8-21(14)11(4)15-17-13(20-22-15)12-6-5-10(3)18-19-12/h5-9,11H,1-4H3. The first-order valence-corrected chi connectivity index (χ1v) is 7.23. The molecule has 0 radical (unpaired) electrons. The quantitative estimate of drug-likeness (QED) is 0.736. The van der Waals surface area contributed by atoms with Gasteiger partial charge in [-0.15, -0.1) is 5.10 Å². The Labute approximate surface area is 128 Å². The first kappa shape index (κ1) is 14.4. The van der Waals surface area contributed by atoms with Crippen LogP contribution in [0, 0.1) is 6.92 Å². The van der Waals surface area contributed by atoms with Crippen molar-refractivity contribution in [2.75, 3.05) is 0 Å². The summed E-state index contributed by atoms with van der Waals surface area (Å²) in [5.41, 5.74) is 1.45. The summed E-state index contributed by atoms with van der Waals surface area (Å²) >= 11 is 0. The predicted octanol–water partition coefficient (Wildman–Crippen LogP) is 2.76. The lowest BCUT2D eigenvalue weighted by Gasteiger charge is -2.14. The largest absolute Gasteiger partial charge is 0.337 e. The van der Waals surface area contributed by atoms with E-state index in [1.165, 1.54) is 0 Å². The molecule has 114 valence electrons. The van der Waals surface area contributed by atoms with Crippen LogP contribution in [-0.2, 0) is 0 Å². The van der Waals surface area contributed by atoms with Gasteiger partial charge in [-0.2, -0.15) is 10.1 Å². The van der Waals surface area contributed by atoms with Gasteiger partial charge >= 0.3 is 0 Å². The average molecular weight is 298 g/mol. The fraction of sp³-hybridized carbons (Fsp3) is 0.400. The topological polar surface area (TPSA) is 82.5 Å². The van der Waals surface area contributed by atoms with Crippen LogP contribution in [0.5, 0.6) is 0 Å². The summed E-state index contributed by atoms with van der Waals surface area (Å²) in [4.78, 5) is 8.83. The smallest absolute Gasteiger partial charge is 0.249 e. The Morgan fingerprint density at radius 2 is 1.95 bits per heavy atom. The molecule has 22 heavy (non-hydrogen) atoms. The van der Waals surface area contributed by atoms with Crippen LogP contribution in [0.2, 0.25) is 0 Å². The van der Waals surface area contributed by atoms with E-state index >= 15 is 0 Å². The molecule has 7 heteroatoms. The van der Waals surface area contributed by atoms with E-state index in [0.717, 1.165) is 11.5 Å². The van der Waals surface area contributed by atoms with Crippen LogP contribution < -0.4 is 0 Å². The minimum Gasteiger partial charge on any atom is -0.337 e. The van der Waals surface area contributed by atoms with Gasteiger partial charge in [-0.1, -0.05) is 19.0 Å². The van der Waals surface area contributed by atoms with Crippen molar-refractivity contribution in [3.05, 3.63) is 41.9 Å². The van der Waals surface area contributed by atoms with E-state index in [4.69, 9.17) is 4.52 Å². The average Bonchev–Trinajstić information content (AvgIpc) is 3.17. The lowest BCUT2D eigenvalue weighted by atomic mass is 10.2. The number of rotatable bonds is 4. The molecule has 0 N–H and O–H groups in total. The molecule has 1 unspecified atom stereocenters.